The molecule has 2 N–H and O–H groups in total. The summed E-state index contributed by atoms with van der Waals surface area (Å²) in [5, 5.41) is 0. The Morgan fingerprint density at radius 3 is 2.88 bits per heavy atom. The van der Waals surface area contributed by atoms with Crippen LogP contribution < -0.4 is 5.73 Å². The van der Waals surface area contributed by atoms with Crippen molar-refractivity contribution in [2.24, 2.45) is 10.7 Å². The van der Waals surface area contributed by atoms with Crippen LogP contribution in [0, 0.1) is 0 Å². The Hall–Kier alpha value is -0.640. The molecule has 0 saturated heterocycles. The molecule has 8 heavy (non-hydrogen) atoms. The van der Waals surface area contributed by atoms with Crippen LogP contribution in [-0.2, 0) is 4.74 Å². The summed E-state index contributed by atoms with van der Waals surface area (Å²) in [6.45, 7) is 1.30. The molecule has 0 saturated carbocycles. The van der Waals surface area contributed by atoms with Crippen molar-refractivity contribution >= 4 is 23.1 Å². The van der Waals surface area contributed by atoms with E-state index in [9.17, 15) is 0 Å². The smallest absolute Gasteiger partial charge is 0.244 e. The van der Waals surface area contributed by atoms with Crippen molar-refractivity contribution in [3.05, 3.63) is 0 Å². The third-order valence-electron chi connectivity index (χ3n) is 0.796. The predicted octanol–water partition coefficient (Wildman–Crippen LogP) is -0.299. The van der Waals surface area contributed by atoms with Crippen LogP contribution in [0.3, 0.4) is 0 Å². The maximum atomic E-state index is 5.17. The lowest BCUT2D eigenvalue weighted by Gasteiger charge is -1.93. The summed E-state index contributed by atoms with van der Waals surface area (Å²) in [6.07, 6.45) is 0. The third-order valence-corrected chi connectivity index (χ3v) is 0.971. The molecule has 0 radical (unpaired) electrons. The third kappa shape index (κ3) is 0.949. The quantitative estimate of drug-likeness (QED) is 0.496. The number of nitrogens with zero attached hydrogens (tertiary/aromatic N) is 1. The lowest BCUT2D eigenvalue weighted by Crippen LogP contribution is -2.20. The Kier molecular flexibility index (Phi) is 1.43. The molecule has 1 aliphatic rings. The van der Waals surface area contributed by atoms with E-state index in [4.69, 9.17) is 10.5 Å². The van der Waals surface area contributed by atoms with Crippen LogP contribution in [-0.4, -0.2) is 24.0 Å². The minimum atomic E-state index is 0.252. The fourth-order valence-corrected chi connectivity index (χ4v) is 0.608. The predicted molar refractivity (Wildman–Crippen MR) is 35.0 cm³/mol. The molecule has 0 fully saturated rings. The zero-order valence-corrected chi connectivity index (χ0v) is 5.07. The summed E-state index contributed by atoms with van der Waals surface area (Å²) >= 11 is 4.58. The second-order valence-electron chi connectivity index (χ2n) is 1.40. The standard InChI is InChI=1S/C4H6N2OS/c5-3(8)4-6-1-2-7-4/h1-2H2,(H2,5,8). The van der Waals surface area contributed by atoms with Gasteiger partial charge in [-0.05, 0) is 0 Å². The van der Waals surface area contributed by atoms with Gasteiger partial charge in [-0.15, -0.1) is 0 Å². The molecule has 0 unspecified atom stereocenters. The van der Waals surface area contributed by atoms with Crippen LogP contribution >= 0.6 is 12.2 Å². The average Bonchev–Trinajstić information content (AvgIpc) is 2.12. The number of thiocarbonyl (C=S) groups is 1. The average molecular weight is 130 g/mol. The molecule has 0 aromatic rings. The van der Waals surface area contributed by atoms with Gasteiger partial charge in [-0.25, -0.2) is 4.99 Å². The first-order valence-electron chi connectivity index (χ1n) is 2.28. The highest BCUT2D eigenvalue weighted by molar-refractivity contribution is 7.82. The Labute approximate surface area is 52.5 Å². The summed E-state index contributed by atoms with van der Waals surface area (Å²) in [6, 6.07) is 0. The first kappa shape index (κ1) is 5.50. The maximum absolute atomic E-state index is 5.17. The highest BCUT2D eigenvalue weighted by Gasteiger charge is 2.08. The van der Waals surface area contributed by atoms with E-state index < -0.39 is 0 Å². The van der Waals surface area contributed by atoms with Crippen molar-refractivity contribution in [1.29, 1.82) is 0 Å². The van der Waals surface area contributed by atoms with E-state index in [0.29, 0.717) is 19.0 Å². The summed E-state index contributed by atoms with van der Waals surface area (Å²) in [4.78, 5) is 4.12. The number of ether oxygens (including phenoxy) is 1. The minimum Gasteiger partial charge on any atom is -0.474 e. The number of hydrogen-bond acceptors (Lipinski definition) is 3. The van der Waals surface area contributed by atoms with E-state index in [1.807, 2.05) is 0 Å². The summed E-state index contributed by atoms with van der Waals surface area (Å²) in [5.41, 5.74) is 5.17. The molecular weight excluding hydrogens is 124 g/mol. The molecule has 4 heteroatoms. The molecule has 1 rings (SSSR count). The first-order valence-corrected chi connectivity index (χ1v) is 2.68. The lowest BCUT2D eigenvalue weighted by atomic mass is 10.7. The van der Waals surface area contributed by atoms with E-state index in [-0.39, 0.29) is 4.99 Å². The summed E-state index contributed by atoms with van der Waals surface area (Å²) in [7, 11) is 0. The fraction of sp³-hybridized carbons (Fsp3) is 0.500. The van der Waals surface area contributed by atoms with Crippen molar-refractivity contribution in [3.63, 3.8) is 0 Å². The Morgan fingerprint density at radius 1 is 1.88 bits per heavy atom. The molecule has 0 bridgehead atoms. The number of rotatable bonds is 1. The molecular formula is C4H6N2OS. The topological polar surface area (TPSA) is 47.6 Å². The molecule has 44 valence electrons. The van der Waals surface area contributed by atoms with Gasteiger partial charge in [0.1, 0.15) is 6.61 Å². The molecule has 3 nitrogen and oxygen atoms in total. The summed E-state index contributed by atoms with van der Waals surface area (Å²) in [5.74, 6) is 0.431. The van der Waals surface area contributed by atoms with Gasteiger partial charge in [0.25, 0.3) is 0 Å². The highest BCUT2D eigenvalue weighted by Crippen LogP contribution is 1.92. The van der Waals surface area contributed by atoms with Crippen molar-refractivity contribution in [1.82, 2.24) is 0 Å². The van der Waals surface area contributed by atoms with E-state index in [2.05, 4.69) is 17.2 Å². The van der Waals surface area contributed by atoms with E-state index >= 15 is 0 Å². The van der Waals surface area contributed by atoms with Crippen LogP contribution in [0.5, 0.6) is 0 Å². The number of nitrogens with two attached hydrogens (primary N) is 1. The largest absolute Gasteiger partial charge is 0.474 e. The number of hydrogen-bond donors (Lipinski definition) is 1. The van der Waals surface area contributed by atoms with Crippen LogP contribution in [0.4, 0.5) is 0 Å². The van der Waals surface area contributed by atoms with E-state index in [1.165, 1.54) is 0 Å². The van der Waals surface area contributed by atoms with Crippen LogP contribution in [0.15, 0.2) is 4.99 Å². The molecule has 0 aliphatic carbocycles. The van der Waals surface area contributed by atoms with Crippen LogP contribution in [0.2, 0.25) is 0 Å². The van der Waals surface area contributed by atoms with Gasteiger partial charge in [-0.3, -0.25) is 0 Å². The van der Waals surface area contributed by atoms with Gasteiger partial charge in [-0.1, -0.05) is 12.2 Å². The Balaban J connectivity index is 2.57. The monoisotopic (exact) mass is 130 g/mol. The molecule has 0 amide bonds. The second kappa shape index (κ2) is 2.09. The second-order valence-corrected chi connectivity index (χ2v) is 1.84. The molecule has 1 aliphatic heterocycles. The Bertz CT molecular complexity index is 143. The highest BCUT2D eigenvalue weighted by atomic mass is 32.1. The van der Waals surface area contributed by atoms with Gasteiger partial charge in [0.2, 0.25) is 5.90 Å². The zero-order valence-electron chi connectivity index (χ0n) is 4.26. The van der Waals surface area contributed by atoms with E-state index in [0.717, 1.165) is 0 Å². The van der Waals surface area contributed by atoms with Gasteiger partial charge in [0, 0.05) is 0 Å². The molecule has 0 aromatic carbocycles. The SMILES string of the molecule is NC(=S)C1=NCCO1. The summed E-state index contributed by atoms with van der Waals surface area (Å²) < 4.78 is 4.90. The zero-order chi connectivity index (χ0) is 5.98. The first-order chi connectivity index (χ1) is 3.80. The van der Waals surface area contributed by atoms with Gasteiger partial charge < -0.3 is 10.5 Å². The normalized spacial score (nSPS) is 17.2. The lowest BCUT2D eigenvalue weighted by molar-refractivity contribution is 0.353. The van der Waals surface area contributed by atoms with Crippen molar-refractivity contribution < 1.29 is 4.74 Å². The molecule has 0 spiro atoms. The van der Waals surface area contributed by atoms with E-state index in [1.54, 1.807) is 0 Å². The Morgan fingerprint density at radius 2 is 2.62 bits per heavy atom. The van der Waals surface area contributed by atoms with Crippen LogP contribution in [0.25, 0.3) is 0 Å². The molecule has 0 atom stereocenters. The fourth-order valence-electron chi connectivity index (χ4n) is 0.484. The molecule has 1 heterocycles. The van der Waals surface area contributed by atoms with Gasteiger partial charge in [-0.2, -0.15) is 0 Å². The van der Waals surface area contributed by atoms with Crippen LogP contribution in [0.1, 0.15) is 0 Å². The van der Waals surface area contributed by atoms with Gasteiger partial charge >= 0.3 is 0 Å². The maximum Gasteiger partial charge on any atom is 0.244 e. The van der Waals surface area contributed by atoms with Gasteiger partial charge in [0.05, 0.1) is 6.54 Å². The minimum absolute atomic E-state index is 0.252. The van der Waals surface area contributed by atoms with Crippen molar-refractivity contribution in [3.8, 4) is 0 Å². The van der Waals surface area contributed by atoms with Crippen molar-refractivity contribution in [2.75, 3.05) is 13.2 Å². The molecule has 0 aromatic heterocycles. The van der Waals surface area contributed by atoms with Crippen molar-refractivity contribution in [2.45, 2.75) is 0 Å². The number of aliphatic imine (C=N–C) groups is 1. The van der Waals surface area contributed by atoms with Gasteiger partial charge in [0.15, 0.2) is 4.99 Å².